The highest BCUT2D eigenvalue weighted by Crippen LogP contribution is 2.26. The number of aromatic nitrogens is 2. The average Bonchev–Trinajstić information content (AvgIpc) is 3.18. The number of hydrogen-bond donors (Lipinski definition) is 3. The lowest BCUT2D eigenvalue weighted by Crippen LogP contribution is -2.46. The highest BCUT2D eigenvalue weighted by atomic mass is 16.4. The van der Waals surface area contributed by atoms with Crippen LogP contribution in [0.4, 0.5) is 22.9 Å². The van der Waals surface area contributed by atoms with Gasteiger partial charge in [-0.15, -0.1) is 0 Å². The van der Waals surface area contributed by atoms with Crippen LogP contribution in [0.15, 0.2) is 64.6 Å². The van der Waals surface area contributed by atoms with Crippen LogP contribution in [0, 0.1) is 0 Å². The first-order valence-electron chi connectivity index (χ1n) is 12.1. The highest BCUT2D eigenvalue weighted by molar-refractivity contribution is 5.92. The Bertz CT molecular complexity index is 1450. The van der Waals surface area contributed by atoms with Gasteiger partial charge in [0.05, 0.1) is 0 Å². The number of pyridine rings is 2. The Morgan fingerprint density at radius 3 is 2.42 bits per heavy atom. The minimum atomic E-state index is -1.08. The van der Waals surface area contributed by atoms with Gasteiger partial charge in [0.15, 0.2) is 0 Å². The van der Waals surface area contributed by atoms with Crippen LogP contribution in [0.25, 0.3) is 10.8 Å². The van der Waals surface area contributed by atoms with Crippen LogP contribution < -0.4 is 26.4 Å². The van der Waals surface area contributed by atoms with E-state index in [0.717, 1.165) is 47.7 Å². The fourth-order valence-electron chi connectivity index (χ4n) is 4.69. The number of fused-ring (bicyclic) bond motifs is 1. The van der Waals surface area contributed by atoms with Crippen LogP contribution in [0.2, 0.25) is 0 Å². The molecule has 36 heavy (non-hydrogen) atoms. The summed E-state index contributed by atoms with van der Waals surface area (Å²) in [6, 6.07) is 10.2. The standard InChI is InChI=1S/C27H27N5O4/c33-24-22(23(25(24)34)32-13-3-1-2-4-14-32)31-21(27(35)36)15-17-5-7-19(8-6-17)30-26-20-16-28-11-9-18(20)10-12-29-26/h5-12,16,21,31H,1-4,13-15H2,(H,29,30)(H,35,36)/t21-/m0/s1. The van der Waals surface area contributed by atoms with E-state index in [1.165, 1.54) is 0 Å². The van der Waals surface area contributed by atoms with Crippen molar-refractivity contribution in [1.29, 1.82) is 0 Å². The van der Waals surface area contributed by atoms with Gasteiger partial charge in [-0.25, -0.2) is 9.78 Å². The van der Waals surface area contributed by atoms with Gasteiger partial charge in [-0.3, -0.25) is 14.6 Å². The van der Waals surface area contributed by atoms with E-state index in [4.69, 9.17) is 0 Å². The molecule has 1 atom stereocenters. The number of carboxylic acid groups (broad SMARTS) is 1. The monoisotopic (exact) mass is 485 g/mol. The smallest absolute Gasteiger partial charge is 0.326 e. The van der Waals surface area contributed by atoms with E-state index >= 15 is 0 Å². The number of nitrogens with zero attached hydrogens (tertiary/aromatic N) is 3. The second kappa shape index (κ2) is 10.2. The van der Waals surface area contributed by atoms with Crippen LogP contribution in [-0.4, -0.2) is 40.2 Å². The molecule has 2 aromatic heterocycles. The second-order valence-corrected chi connectivity index (χ2v) is 9.10. The fraction of sp³-hybridized carbons (Fsp3) is 0.296. The van der Waals surface area contributed by atoms with Crippen molar-refractivity contribution in [1.82, 2.24) is 9.97 Å². The first-order valence-corrected chi connectivity index (χ1v) is 12.1. The first-order chi connectivity index (χ1) is 17.5. The Hall–Kier alpha value is -4.27. The van der Waals surface area contributed by atoms with Gasteiger partial charge >= 0.3 is 5.97 Å². The molecule has 0 unspecified atom stereocenters. The fourth-order valence-corrected chi connectivity index (χ4v) is 4.69. The van der Waals surface area contributed by atoms with E-state index in [9.17, 15) is 19.5 Å². The van der Waals surface area contributed by atoms with Crippen LogP contribution in [0.3, 0.4) is 0 Å². The maximum absolute atomic E-state index is 12.3. The summed E-state index contributed by atoms with van der Waals surface area (Å²) >= 11 is 0. The molecular weight excluding hydrogens is 458 g/mol. The Labute approximate surface area is 207 Å². The number of hydrogen-bond acceptors (Lipinski definition) is 8. The second-order valence-electron chi connectivity index (χ2n) is 9.10. The number of carbonyl (C=O) groups is 1. The minimum Gasteiger partial charge on any atom is -0.480 e. The van der Waals surface area contributed by atoms with Crippen molar-refractivity contribution in [2.75, 3.05) is 28.6 Å². The molecule has 1 fully saturated rings. The quantitative estimate of drug-likeness (QED) is 0.322. The zero-order valence-electron chi connectivity index (χ0n) is 19.7. The highest BCUT2D eigenvalue weighted by Gasteiger charge is 2.30. The van der Waals surface area contributed by atoms with E-state index in [1.54, 1.807) is 18.6 Å². The van der Waals surface area contributed by atoms with Crippen molar-refractivity contribution >= 4 is 39.6 Å². The number of rotatable bonds is 8. The molecule has 3 N–H and O–H groups in total. The number of anilines is 4. The number of benzene rings is 1. The van der Waals surface area contributed by atoms with Crippen molar-refractivity contribution in [3.8, 4) is 0 Å². The van der Waals surface area contributed by atoms with Crippen molar-refractivity contribution in [2.45, 2.75) is 38.1 Å². The van der Waals surface area contributed by atoms with Crippen LogP contribution in [0.5, 0.6) is 0 Å². The summed E-state index contributed by atoms with van der Waals surface area (Å²) in [5.41, 5.74) is 0.873. The van der Waals surface area contributed by atoms with E-state index in [-0.39, 0.29) is 12.1 Å². The normalized spacial score (nSPS) is 14.9. The summed E-state index contributed by atoms with van der Waals surface area (Å²) in [5.74, 6) is -0.404. The molecule has 5 rings (SSSR count). The topological polar surface area (TPSA) is 125 Å². The molecule has 1 aliphatic rings. The van der Waals surface area contributed by atoms with Crippen molar-refractivity contribution in [2.24, 2.45) is 0 Å². The third-order valence-corrected chi connectivity index (χ3v) is 6.65. The Morgan fingerprint density at radius 1 is 0.972 bits per heavy atom. The van der Waals surface area contributed by atoms with E-state index in [0.29, 0.717) is 24.6 Å². The molecule has 9 nitrogen and oxygen atoms in total. The molecule has 0 radical (unpaired) electrons. The number of nitrogens with one attached hydrogen (secondary N) is 2. The Morgan fingerprint density at radius 2 is 1.69 bits per heavy atom. The predicted octanol–water partition coefficient (Wildman–Crippen LogP) is 3.46. The van der Waals surface area contributed by atoms with Gasteiger partial charge in [0.2, 0.25) is 0 Å². The SMILES string of the molecule is O=C(O)[C@H](Cc1ccc(Nc2nccc3ccncc23)cc1)Nc1c(N2CCCCCC2)c(=O)c1=O. The molecule has 4 aromatic rings. The van der Waals surface area contributed by atoms with Crippen LogP contribution >= 0.6 is 0 Å². The Kier molecular flexibility index (Phi) is 6.62. The molecule has 184 valence electrons. The average molecular weight is 486 g/mol. The summed E-state index contributed by atoms with van der Waals surface area (Å²) in [5, 5.41) is 17.9. The van der Waals surface area contributed by atoms with Gasteiger partial charge in [0, 0.05) is 49.2 Å². The molecule has 9 heteroatoms. The van der Waals surface area contributed by atoms with Crippen molar-refractivity contribution in [3.05, 3.63) is 81.0 Å². The molecule has 0 spiro atoms. The summed E-state index contributed by atoms with van der Waals surface area (Å²) < 4.78 is 0. The number of carboxylic acids is 1. The van der Waals surface area contributed by atoms with Gasteiger partial charge in [-0.1, -0.05) is 25.0 Å². The van der Waals surface area contributed by atoms with Gasteiger partial charge < -0.3 is 20.6 Å². The van der Waals surface area contributed by atoms with Gasteiger partial charge in [0.1, 0.15) is 23.2 Å². The van der Waals surface area contributed by atoms with Crippen molar-refractivity contribution < 1.29 is 9.90 Å². The molecule has 2 aromatic carbocycles. The maximum Gasteiger partial charge on any atom is 0.326 e. The Balaban J connectivity index is 1.30. The van der Waals surface area contributed by atoms with E-state index in [2.05, 4.69) is 20.6 Å². The largest absolute Gasteiger partial charge is 0.480 e. The third kappa shape index (κ3) is 4.77. The first kappa shape index (κ1) is 23.5. The molecule has 0 amide bonds. The minimum absolute atomic E-state index is 0.128. The lowest BCUT2D eigenvalue weighted by atomic mass is 10.0. The van der Waals surface area contributed by atoms with Gasteiger partial charge in [0.25, 0.3) is 10.9 Å². The van der Waals surface area contributed by atoms with E-state index in [1.807, 2.05) is 41.3 Å². The molecule has 1 aliphatic heterocycles. The molecule has 0 bridgehead atoms. The summed E-state index contributed by atoms with van der Waals surface area (Å²) in [4.78, 5) is 47.1. The van der Waals surface area contributed by atoms with Crippen molar-refractivity contribution in [3.63, 3.8) is 0 Å². The van der Waals surface area contributed by atoms with Crippen LogP contribution in [0.1, 0.15) is 31.2 Å². The zero-order valence-corrected chi connectivity index (χ0v) is 19.7. The molecular formula is C27H27N5O4. The van der Waals surface area contributed by atoms with Gasteiger partial charge in [-0.2, -0.15) is 0 Å². The maximum atomic E-state index is 12.3. The van der Waals surface area contributed by atoms with Crippen LogP contribution in [-0.2, 0) is 11.2 Å². The third-order valence-electron chi connectivity index (χ3n) is 6.65. The number of aliphatic carboxylic acids is 1. The molecule has 1 saturated heterocycles. The molecule has 3 heterocycles. The molecule has 0 saturated carbocycles. The van der Waals surface area contributed by atoms with Gasteiger partial charge in [-0.05, 0) is 48.1 Å². The summed E-state index contributed by atoms with van der Waals surface area (Å²) in [7, 11) is 0. The summed E-state index contributed by atoms with van der Waals surface area (Å²) in [6.07, 6.45) is 9.44. The molecule has 0 aliphatic carbocycles. The summed E-state index contributed by atoms with van der Waals surface area (Å²) in [6.45, 7) is 1.40. The lowest BCUT2D eigenvalue weighted by molar-refractivity contribution is -0.137. The lowest BCUT2D eigenvalue weighted by Gasteiger charge is -2.27. The zero-order chi connectivity index (χ0) is 25.1. The van der Waals surface area contributed by atoms with E-state index < -0.39 is 22.9 Å². The predicted molar refractivity (Wildman–Crippen MR) is 140 cm³/mol.